The zero-order valence-electron chi connectivity index (χ0n) is 8.31. The predicted octanol–water partition coefficient (Wildman–Crippen LogP) is 3.18. The molecular weight excluding hydrogens is 227 g/mol. The molecule has 82 valence electrons. The molecule has 0 aliphatic heterocycles. The summed E-state index contributed by atoms with van der Waals surface area (Å²) in [5.74, 6) is -1.17. The van der Waals surface area contributed by atoms with Gasteiger partial charge in [0.25, 0.3) is 0 Å². The van der Waals surface area contributed by atoms with E-state index in [0.717, 1.165) is 10.4 Å². The molecule has 0 fully saturated rings. The molecular formula is C12H9FO2S. The lowest BCUT2D eigenvalue weighted by Crippen LogP contribution is -1.89. The van der Waals surface area contributed by atoms with Gasteiger partial charge in [0.1, 0.15) is 10.7 Å². The van der Waals surface area contributed by atoms with Gasteiger partial charge in [0, 0.05) is 11.3 Å². The molecule has 1 heterocycles. The van der Waals surface area contributed by atoms with Crippen molar-refractivity contribution in [2.75, 3.05) is 0 Å². The number of halogens is 1. The fourth-order valence-corrected chi connectivity index (χ4v) is 2.27. The molecule has 0 bridgehead atoms. The molecule has 2 rings (SSSR count). The van der Waals surface area contributed by atoms with Gasteiger partial charge in [-0.1, -0.05) is 12.1 Å². The highest BCUT2D eigenvalue weighted by Gasteiger charge is 2.07. The third-order valence-electron chi connectivity index (χ3n) is 2.16. The smallest absolute Gasteiger partial charge is 0.345 e. The highest BCUT2D eigenvalue weighted by Crippen LogP contribution is 2.20. The highest BCUT2D eigenvalue weighted by molar-refractivity contribution is 7.13. The number of carboxylic acid groups (broad SMARTS) is 1. The Morgan fingerprint density at radius 2 is 1.88 bits per heavy atom. The maximum Gasteiger partial charge on any atom is 0.345 e. The SMILES string of the molecule is O=C(O)c1ccc(Cc2ccc(F)cc2)s1. The topological polar surface area (TPSA) is 37.3 Å². The molecule has 0 saturated carbocycles. The number of hydrogen-bond donors (Lipinski definition) is 1. The number of thiophene rings is 1. The van der Waals surface area contributed by atoms with Gasteiger partial charge in [-0.25, -0.2) is 9.18 Å². The average molecular weight is 236 g/mol. The van der Waals surface area contributed by atoms with Crippen LogP contribution < -0.4 is 0 Å². The first kappa shape index (κ1) is 10.8. The van der Waals surface area contributed by atoms with E-state index in [1.54, 1.807) is 24.3 Å². The van der Waals surface area contributed by atoms with Gasteiger partial charge in [-0.15, -0.1) is 11.3 Å². The molecule has 0 amide bonds. The summed E-state index contributed by atoms with van der Waals surface area (Å²) >= 11 is 1.25. The molecule has 0 spiro atoms. The van der Waals surface area contributed by atoms with Crippen LogP contribution >= 0.6 is 11.3 Å². The second-order valence-electron chi connectivity index (χ2n) is 3.37. The molecule has 1 aromatic heterocycles. The molecule has 0 radical (unpaired) electrons. The van der Waals surface area contributed by atoms with Crippen molar-refractivity contribution in [3.05, 3.63) is 57.5 Å². The molecule has 1 aromatic carbocycles. The fraction of sp³-hybridized carbons (Fsp3) is 0.0833. The lowest BCUT2D eigenvalue weighted by Gasteiger charge is -1.97. The summed E-state index contributed by atoms with van der Waals surface area (Å²) in [5, 5.41) is 8.76. The van der Waals surface area contributed by atoms with E-state index in [-0.39, 0.29) is 5.82 Å². The third kappa shape index (κ3) is 2.46. The Hall–Kier alpha value is -1.68. The number of carbonyl (C=O) groups is 1. The van der Waals surface area contributed by atoms with E-state index >= 15 is 0 Å². The van der Waals surface area contributed by atoms with Crippen molar-refractivity contribution in [2.24, 2.45) is 0 Å². The van der Waals surface area contributed by atoms with Gasteiger partial charge in [0.05, 0.1) is 0 Å². The fourth-order valence-electron chi connectivity index (χ4n) is 1.39. The summed E-state index contributed by atoms with van der Waals surface area (Å²) in [7, 11) is 0. The second kappa shape index (κ2) is 4.45. The lowest BCUT2D eigenvalue weighted by atomic mass is 10.1. The van der Waals surface area contributed by atoms with Crippen molar-refractivity contribution in [3.63, 3.8) is 0 Å². The van der Waals surface area contributed by atoms with Crippen LogP contribution in [0.5, 0.6) is 0 Å². The maximum absolute atomic E-state index is 12.7. The van der Waals surface area contributed by atoms with Crippen LogP contribution in [0.25, 0.3) is 0 Å². The van der Waals surface area contributed by atoms with Gasteiger partial charge >= 0.3 is 5.97 Å². The van der Waals surface area contributed by atoms with E-state index in [9.17, 15) is 9.18 Å². The largest absolute Gasteiger partial charge is 0.477 e. The normalized spacial score (nSPS) is 10.3. The first-order chi connectivity index (χ1) is 7.65. The predicted molar refractivity (Wildman–Crippen MR) is 60.5 cm³/mol. The Bertz CT molecular complexity index is 502. The van der Waals surface area contributed by atoms with Crippen LogP contribution in [-0.2, 0) is 6.42 Å². The zero-order chi connectivity index (χ0) is 11.5. The first-order valence-electron chi connectivity index (χ1n) is 4.71. The number of rotatable bonds is 3. The van der Waals surface area contributed by atoms with Crippen LogP contribution in [0, 0.1) is 5.82 Å². The summed E-state index contributed by atoms with van der Waals surface area (Å²) in [6.07, 6.45) is 0.637. The van der Waals surface area contributed by atoms with Crippen LogP contribution in [0.2, 0.25) is 0 Å². The molecule has 1 N–H and O–H groups in total. The Morgan fingerprint density at radius 1 is 1.19 bits per heavy atom. The average Bonchev–Trinajstić information content (AvgIpc) is 2.70. The maximum atomic E-state index is 12.7. The van der Waals surface area contributed by atoms with E-state index in [1.807, 2.05) is 0 Å². The summed E-state index contributed by atoms with van der Waals surface area (Å²) in [6.45, 7) is 0. The van der Waals surface area contributed by atoms with Crippen molar-refractivity contribution in [2.45, 2.75) is 6.42 Å². The molecule has 0 aliphatic carbocycles. The second-order valence-corrected chi connectivity index (χ2v) is 4.54. The number of aromatic carboxylic acids is 1. The molecule has 0 unspecified atom stereocenters. The lowest BCUT2D eigenvalue weighted by molar-refractivity contribution is 0.0702. The van der Waals surface area contributed by atoms with Crippen molar-refractivity contribution in [1.29, 1.82) is 0 Å². The van der Waals surface area contributed by atoms with Gasteiger partial charge in [0.2, 0.25) is 0 Å². The molecule has 2 aromatic rings. The monoisotopic (exact) mass is 236 g/mol. The Labute approximate surface area is 96.0 Å². The summed E-state index contributed by atoms with van der Waals surface area (Å²) in [4.78, 5) is 12.0. The van der Waals surface area contributed by atoms with Gasteiger partial charge in [-0.3, -0.25) is 0 Å². The minimum Gasteiger partial charge on any atom is -0.477 e. The molecule has 0 saturated heterocycles. The van der Waals surface area contributed by atoms with E-state index in [2.05, 4.69) is 0 Å². The van der Waals surface area contributed by atoms with Crippen molar-refractivity contribution in [1.82, 2.24) is 0 Å². The minimum absolute atomic E-state index is 0.263. The summed E-state index contributed by atoms with van der Waals surface area (Å²) < 4.78 is 12.7. The Kier molecular flexibility index (Phi) is 3.01. The van der Waals surface area contributed by atoms with Gasteiger partial charge < -0.3 is 5.11 Å². The molecule has 4 heteroatoms. The molecule has 0 aliphatic rings. The van der Waals surface area contributed by atoms with Crippen LogP contribution in [0.15, 0.2) is 36.4 Å². The van der Waals surface area contributed by atoms with Crippen molar-refractivity contribution in [3.8, 4) is 0 Å². The van der Waals surface area contributed by atoms with E-state index < -0.39 is 5.97 Å². The molecule has 2 nitrogen and oxygen atoms in total. The first-order valence-corrected chi connectivity index (χ1v) is 5.53. The van der Waals surface area contributed by atoms with Gasteiger partial charge in [0.15, 0.2) is 0 Å². The number of carboxylic acids is 1. The number of benzene rings is 1. The van der Waals surface area contributed by atoms with Gasteiger partial charge in [-0.2, -0.15) is 0 Å². The van der Waals surface area contributed by atoms with Gasteiger partial charge in [-0.05, 0) is 29.8 Å². The summed E-state index contributed by atoms with van der Waals surface area (Å²) in [5.41, 5.74) is 0.972. The van der Waals surface area contributed by atoms with E-state index in [0.29, 0.717) is 11.3 Å². The van der Waals surface area contributed by atoms with Crippen LogP contribution in [-0.4, -0.2) is 11.1 Å². The van der Waals surface area contributed by atoms with Crippen LogP contribution in [0.4, 0.5) is 4.39 Å². The Morgan fingerprint density at radius 3 is 2.44 bits per heavy atom. The van der Waals surface area contributed by atoms with Crippen LogP contribution in [0.3, 0.4) is 0 Å². The quantitative estimate of drug-likeness (QED) is 0.888. The van der Waals surface area contributed by atoms with Crippen LogP contribution in [0.1, 0.15) is 20.1 Å². The van der Waals surface area contributed by atoms with E-state index in [4.69, 9.17) is 5.11 Å². The van der Waals surface area contributed by atoms with Crippen molar-refractivity contribution >= 4 is 17.3 Å². The molecule has 0 atom stereocenters. The Balaban J connectivity index is 2.14. The van der Waals surface area contributed by atoms with Crippen molar-refractivity contribution < 1.29 is 14.3 Å². The number of hydrogen-bond acceptors (Lipinski definition) is 2. The summed E-state index contributed by atoms with van der Waals surface area (Å²) in [6, 6.07) is 9.59. The minimum atomic E-state index is -0.907. The third-order valence-corrected chi connectivity index (χ3v) is 3.24. The highest BCUT2D eigenvalue weighted by atomic mass is 32.1. The molecule has 16 heavy (non-hydrogen) atoms. The standard InChI is InChI=1S/C12H9FO2S/c13-9-3-1-8(2-4-9)7-10-5-6-11(16-10)12(14)15/h1-6H,7H2,(H,14,15). The zero-order valence-corrected chi connectivity index (χ0v) is 9.13. The van der Waals surface area contributed by atoms with E-state index in [1.165, 1.54) is 23.5 Å².